The minimum atomic E-state index is 0.449. The normalized spacial score (nSPS) is 12.4. The van der Waals surface area contributed by atoms with Gasteiger partial charge < -0.3 is 5.32 Å². The van der Waals surface area contributed by atoms with E-state index in [1.165, 1.54) is 19.3 Å². The van der Waals surface area contributed by atoms with E-state index < -0.39 is 0 Å². The number of hydrogen-bond donors (Lipinski definition) is 1. The first-order valence-corrected chi connectivity index (χ1v) is 4.78. The van der Waals surface area contributed by atoms with E-state index in [2.05, 4.69) is 25.4 Å². The molecule has 0 aromatic rings. The first-order valence-electron chi connectivity index (χ1n) is 4.78. The van der Waals surface area contributed by atoms with Crippen molar-refractivity contribution in [3.8, 4) is 0 Å². The smallest absolute Gasteiger partial charge is 0.0219 e. The van der Waals surface area contributed by atoms with Gasteiger partial charge in [0, 0.05) is 6.04 Å². The second-order valence-electron chi connectivity index (χ2n) is 3.12. The Kier molecular flexibility index (Phi) is 8.14. The topological polar surface area (TPSA) is 12.0 Å². The van der Waals surface area contributed by atoms with Crippen LogP contribution in [0.1, 0.15) is 32.6 Å². The lowest BCUT2D eigenvalue weighted by Gasteiger charge is -2.07. The van der Waals surface area contributed by atoms with E-state index in [4.69, 9.17) is 0 Å². The van der Waals surface area contributed by atoms with Crippen LogP contribution in [0.5, 0.6) is 0 Å². The van der Waals surface area contributed by atoms with Crippen molar-refractivity contribution in [3.63, 3.8) is 0 Å². The van der Waals surface area contributed by atoms with Gasteiger partial charge in [0.2, 0.25) is 0 Å². The predicted molar refractivity (Wildman–Crippen MR) is 56.3 cm³/mol. The largest absolute Gasteiger partial charge is 0.311 e. The van der Waals surface area contributed by atoms with Gasteiger partial charge in [0.25, 0.3) is 0 Å². The average molecular weight is 167 g/mol. The zero-order valence-electron chi connectivity index (χ0n) is 8.18. The third kappa shape index (κ3) is 7.55. The summed E-state index contributed by atoms with van der Waals surface area (Å²) in [6.45, 7) is 10.6. The monoisotopic (exact) mass is 167 g/mol. The van der Waals surface area contributed by atoms with Gasteiger partial charge in [0.15, 0.2) is 0 Å². The third-order valence-electron chi connectivity index (χ3n) is 1.90. The van der Waals surface area contributed by atoms with Crippen molar-refractivity contribution < 1.29 is 0 Å². The van der Waals surface area contributed by atoms with Gasteiger partial charge in [-0.2, -0.15) is 0 Å². The molecule has 0 aromatic carbocycles. The number of hydrogen-bond acceptors (Lipinski definition) is 1. The van der Waals surface area contributed by atoms with Crippen LogP contribution < -0.4 is 5.32 Å². The lowest BCUT2D eigenvalue weighted by molar-refractivity contribution is 0.577. The molecule has 0 aliphatic rings. The van der Waals surface area contributed by atoms with Crippen molar-refractivity contribution >= 4 is 0 Å². The molecule has 0 spiro atoms. The summed E-state index contributed by atoms with van der Waals surface area (Å²) in [5.41, 5.74) is 0. The van der Waals surface area contributed by atoms with Crippen LogP contribution >= 0.6 is 0 Å². The average Bonchev–Trinajstić information content (AvgIpc) is 2.10. The second-order valence-corrected chi connectivity index (χ2v) is 3.12. The first kappa shape index (κ1) is 11.4. The van der Waals surface area contributed by atoms with Gasteiger partial charge in [0.05, 0.1) is 0 Å². The molecule has 0 saturated carbocycles. The highest BCUT2D eigenvalue weighted by Gasteiger charge is 1.92. The van der Waals surface area contributed by atoms with Crippen molar-refractivity contribution in [3.05, 3.63) is 25.3 Å². The Labute approximate surface area is 76.6 Å². The van der Waals surface area contributed by atoms with Crippen LogP contribution in [-0.2, 0) is 0 Å². The van der Waals surface area contributed by atoms with Crippen LogP contribution in [0.4, 0.5) is 0 Å². The molecule has 0 amide bonds. The molecule has 12 heavy (non-hydrogen) atoms. The van der Waals surface area contributed by atoms with Gasteiger partial charge in [-0.25, -0.2) is 0 Å². The van der Waals surface area contributed by atoms with Crippen molar-refractivity contribution in [2.75, 3.05) is 6.54 Å². The van der Waals surface area contributed by atoms with E-state index in [0.29, 0.717) is 6.04 Å². The molecular formula is C11H21N. The number of allylic oxidation sites excluding steroid dienone is 1. The SMILES string of the molecule is C=CCCCCCNC(C)C=C. The molecule has 0 aliphatic carbocycles. The molecule has 70 valence electrons. The van der Waals surface area contributed by atoms with Crippen LogP contribution in [0, 0.1) is 0 Å². The molecule has 0 rings (SSSR count). The summed E-state index contributed by atoms with van der Waals surface area (Å²) in [6, 6.07) is 0.449. The van der Waals surface area contributed by atoms with Gasteiger partial charge >= 0.3 is 0 Å². The van der Waals surface area contributed by atoms with Crippen molar-refractivity contribution in [2.24, 2.45) is 0 Å². The van der Waals surface area contributed by atoms with E-state index in [-0.39, 0.29) is 0 Å². The summed E-state index contributed by atoms with van der Waals surface area (Å²) < 4.78 is 0. The highest BCUT2D eigenvalue weighted by Crippen LogP contribution is 1.98. The molecule has 0 heterocycles. The zero-order chi connectivity index (χ0) is 9.23. The Bertz CT molecular complexity index is 118. The van der Waals surface area contributed by atoms with Crippen LogP contribution in [0.15, 0.2) is 25.3 Å². The molecule has 1 N–H and O–H groups in total. The van der Waals surface area contributed by atoms with E-state index in [1.807, 2.05) is 12.2 Å². The summed E-state index contributed by atoms with van der Waals surface area (Å²) in [5.74, 6) is 0. The fourth-order valence-electron chi connectivity index (χ4n) is 1.00. The highest BCUT2D eigenvalue weighted by molar-refractivity contribution is 4.80. The summed E-state index contributed by atoms with van der Waals surface area (Å²) in [5, 5.41) is 3.37. The first-order chi connectivity index (χ1) is 5.81. The van der Waals surface area contributed by atoms with E-state index in [0.717, 1.165) is 13.0 Å². The predicted octanol–water partition coefficient (Wildman–Crippen LogP) is 2.90. The van der Waals surface area contributed by atoms with Crippen LogP contribution in [-0.4, -0.2) is 12.6 Å². The van der Waals surface area contributed by atoms with Gasteiger partial charge in [-0.1, -0.05) is 18.6 Å². The summed E-state index contributed by atoms with van der Waals surface area (Å²) in [4.78, 5) is 0. The van der Waals surface area contributed by atoms with Crippen LogP contribution in [0.2, 0.25) is 0 Å². The minimum absolute atomic E-state index is 0.449. The Morgan fingerprint density at radius 1 is 1.25 bits per heavy atom. The van der Waals surface area contributed by atoms with Crippen LogP contribution in [0.3, 0.4) is 0 Å². The molecule has 1 unspecified atom stereocenters. The maximum atomic E-state index is 3.71. The molecule has 1 atom stereocenters. The quantitative estimate of drug-likeness (QED) is 0.433. The lowest BCUT2D eigenvalue weighted by Crippen LogP contribution is -2.24. The molecule has 0 aliphatic heterocycles. The minimum Gasteiger partial charge on any atom is -0.311 e. The molecule has 0 fully saturated rings. The summed E-state index contributed by atoms with van der Waals surface area (Å²) in [7, 11) is 0. The fourth-order valence-corrected chi connectivity index (χ4v) is 1.00. The Morgan fingerprint density at radius 3 is 2.58 bits per heavy atom. The van der Waals surface area contributed by atoms with Gasteiger partial charge in [0.1, 0.15) is 0 Å². The molecule has 0 aromatic heterocycles. The van der Waals surface area contributed by atoms with E-state index >= 15 is 0 Å². The molecular weight excluding hydrogens is 146 g/mol. The van der Waals surface area contributed by atoms with Gasteiger partial charge in [-0.3, -0.25) is 0 Å². The summed E-state index contributed by atoms with van der Waals surface area (Å²) in [6.07, 6.45) is 8.89. The Balaban J connectivity index is 2.99. The molecule has 0 radical (unpaired) electrons. The second kappa shape index (κ2) is 8.54. The number of unbranched alkanes of at least 4 members (excludes halogenated alkanes) is 3. The number of nitrogens with one attached hydrogen (secondary N) is 1. The van der Waals surface area contributed by atoms with Crippen molar-refractivity contribution in [2.45, 2.75) is 38.6 Å². The van der Waals surface area contributed by atoms with Crippen molar-refractivity contribution in [1.82, 2.24) is 5.32 Å². The van der Waals surface area contributed by atoms with E-state index in [9.17, 15) is 0 Å². The summed E-state index contributed by atoms with van der Waals surface area (Å²) >= 11 is 0. The maximum absolute atomic E-state index is 3.71. The fraction of sp³-hybridized carbons (Fsp3) is 0.636. The Morgan fingerprint density at radius 2 is 2.00 bits per heavy atom. The van der Waals surface area contributed by atoms with Gasteiger partial charge in [-0.05, 0) is 32.7 Å². The lowest BCUT2D eigenvalue weighted by atomic mass is 10.2. The number of rotatable bonds is 8. The molecule has 0 saturated heterocycles. The standard InChI is InChI=1S/C11H21N/c1-4-6-7-8-9-10-12-11(3)5-2/h4-5,11-12H,1-2,6-10H2,3H3. The van der Waals surface area contributed by atoms with E-state index in [1.54, 1.807) is 0 Å². The Hall–Kier alpha value is -0.560. The maximum Gasteiger partial charge on any atom is 0.0219 e. The van der Waals surface area contributed by atoms with Crippen LogP contribution in [0.25, 0.3) is 0 Å². The zero-order valence-corrected chi connectivity index (χ0v) is 8.18. The third-order valence-corrected chi connectivity index (χ3v) is 1.90. The van der Waals surface area contributed by atoms with Crippen molar-refractivity contribution in [1.29, 1.82) is 0 Å². The highest BCUT2D eigenvalue weighted by atomic mass is 14.9. The van der Waals surface area contributed by atoms with Gasteiger partial charge in [-0.15, -0.1) is 13.2 Å². The molecule has 0 bridgehead atoms. The molecule has 1 nitrogen and oxygen atoms in total. The molecule has 1 heteroatoms.